The van der Waals surface area contributed by atoms with Crippen molar-refractivity contribution in [2.45, 2.75) is 12.2 Å². The van der Waals surface area contributed by atoms with Crippen LogP contribution in [0.25, 0.3) is 132 Å². The summed E-state index contributed by atoms with van der Waals surface area (Å²) in [6, 6.07) is 88.0. The predicted molar refractivity (Wildman–Crippen MR) is 351 cm³/mol. The van der Waals surface area contributed by atoms with E-state index in [1.165, 1.54) is 66.8 Å². The van der Waals surface area contributed by atoms with Crippen molar-refractivity contribution in [3.05, 3.63) is 292 Å². The summed E-state index contributed by atoms with van der Waals surface area (Å²) in [5.74, 6) is -3.54. The molecule has 6 heterocycles. The van der Waals surface area contributed by atoms with E-state index in [0.717, 1.165) is 65.4 Å². The van der Waals surface area contributed by atoms with Gasteiger partial charge in [-0.3, -0.25) is 29.9 Å². The van der Waals surface area contributed by atoms with Crippen LogP contribution >= 0.6 is 0 Å². The Bertz CT molecular complexity index is 4180. The maximum Gasteiger partial charge on any atom is 3.00 e. The predicted octanol–water partition coefficient (Wildman–Crippen LogP) is 16.2. The Morgan fingerprint density at radius 1 is 0.236 bits per heavy atom. The van der Waals surface area contributed by atoms with Crippen LogP contribution < -0.4 is 0 Å². The number of hydrogen-bond donors (Lipinski definition) is 4. The van der Waals surface area contributed by atoms with Crippen molar-refractivity contribution in [2.24, 2.45) is 0 Å². The van der Waals surface area contributed by atoms with Crippen LogP contribution in [0.2, 0.25) is 0 Å². The zero-order valence-electron chi connectivity index (χ0n) is 47.5. The summed E-state index contributed by atoms with van der Waals surface area (Å²) in [6.07, 6.45) is 6.72. The van der Waals surface area contributed by atoms with Gasteiger partial charge in [0, 0.05) is 69.5 Å². The molecule has 15 rings (SSSR count). The standard InChI is InChI=1S/3C24H16N2.C4H6O6.Co/c3*1-3-7-17(8-4-1)19-13-15-25-23-21(19)11-12-22-20(14-16-26-24(22)23)18-9-5-2-6-10-18;5-1(3(7)8)2(6)4(9)10;/h3*1-16H;1-2,5-6H,(H,7,8)(H,9,10);/q;;;;+3. The second-order valence-electron chi connectivity index (χ2n) is 20.5. The van der Waals surface area contributed by atoms with Crippen molar-refractivity contribution in [1.82, 2.24) is 29.9 Å². The van der Waals surface area contributed by atoms with E-state index >= 15 is 0 Å². The summed E-state index contributed by atoms with van der Waals surface area (Å²) in [5, 5.41) is 39.3. The van der Waals surface area contributed by atoms with E-state index in [9.17, 15) is 9.59 Å². The van der Waals surface area contributed by atoms with E-state index in [0.29, 0.717) is 0 Å². The molecule has 15 aromatic rings. The van der Waals surface area contributed by atoms with Gasteiger partial charge in [-0.05, 0) is 103 Å². The van der Waals surface area contributed by atoms with E-state index in [2.05, 4.69) is 248 Å². The molecular formula is C76H54CoN6O6+3. The van der Waals surface area contributed by atoms with Crippen LogP contribution in [0.1, 0.15) is 0 Å². The van der Waals surface area contributed by atoms with Gasteiger partial charge in [-0.25, -0.2) is 9.59 Å². The first-order chi connectivity index (χ1) is 43.2. The molecular weight excluding hydrogens is 1150 g/mol. The number of carboxylic acid groups (broad SMARTS) is 2. The van der Waals surface area contributed by atoms with Gasteiger partial charge in [-0.2, -0.15) is 0 Å². The molecule has 4 N–H and O–H groups in total. The SMILES string of the molecule is O=C(O)C(O)C(O)C(=O)O.[Co+3].c1ccc(-c2ccnc3c2ccc2c(-c4ccccc4)ccnc23)cc1.c1ccc(-c2ccnc3c2ccc2c(-c4ccccc4)ccnc23)cc1.c1ccc(-c2ccnc3c2ccc2c(-c4ccccc4)ccnc23)cc1. The second-order valence-corrected chi connectivity index (χ2v) is 20.5. The molecule has 0 radical (unpaired) electrons. The van der Waals surface area contributed by atoms with Gasteiger partial charge < -0.3 is 20.4 Å². The zero-order chi connectivity index (χ0) is 60.3. The molecule has 89 heavy (non-hydrogen) atoms. The van der Waals surface area contributed by atoms with Gasteiger partial charge in [0.25, 0.3) is 0 Å². The summed E-state index contributed by atoms with van der Waals surface area (Å²) in [5.41, 5.74) is 19.9. The van der Waals surface area contributed by atoms with Gasteiger partial charge in [0.15, 0.2) is 12.2 Å². The molecule has 2 unspecified atom stereocenters. The maximum atomic E-state index is 9.77. The van der Waals surface area contributed by atoms with E-state index in [4.69, 9.17) is 20.4 Å². The molecule has 9 aromatic carbocycles. The van der Waals surface area contributed by atoms with E-state index < -0.39 is 24.1 Å². The number of carboxylic acids is 2. The maximum absolute atomic E-state index is 9.77. The van der Waals surface area contributed by atoms with E-state index in [1.807, 2.05) is 73.6 Å². The van der Waals surface area contributed by atoms with Gasteiger partial charge in [0.2, 0.25) is 0 Å². The van der Waals surface area contributed by atoms with Crippen molar-refractivity contribution in [2.75, 3.05) is 0 Å². The Hall–Kier alpha value is -11.2. The number of aliphatic carboxylic acids is 2. The molecule has 0 spiro atoms. The minimum Gasteiger partial charge on any atom is -0.479 e. The molecule has 0 saturated carbocycles. The van der Waals surface area contributed by atoms with Gasteiger partial charge in [0.1, 0.15) is 0 Å². The third-order valence-electron chi connectivity index (χ3n) is 15.2. The molecule has 12 nitrogen and oxygen atoms in total. The van der Waals surface area contributed by atoms with Crippen LogP contribution in [-0.4, -0.2) is 74.5 Å². The first-order valence-electron chi connectivity index (χ1n) is 28.4. The van der Waals surface area contributed by atoms with E-state index in [1.54, 1.807) is 0 Å². The molecule has 13 heteroatoms. The Morgan fingerprint density at radius 2 is 0.382 bits per heavy atom. The molecule has 0 amide bonds. The summed E-state index contributed by atoms with van der Waals surface area (Å²) in [7, 11) is 0. The van der Waals surface area contributed by atoms with Crippen LogP contribution in [0.4, 0.5) is 0 Å². The minimum atomic E-state index is -2.27. The fourth-order valence-corrected chi connectivity index (χ4v) is 11.0. The second kappa shape index (κ2) is 27.4. The smallest absolute Gasteiger partial charge is 0.479 e. The first kappa shape index (κ1) is 59.5. The van der Waals surface area contributed by atoms with Crippen LogP contribution in [0.15, 0.2) is 292 Å². The number of fused-ring (bicyclic) bond motifs is 9. The fraction of sp³-hybridized carbons (Fsp3) is 0.0263. The van der Waals surface area contributed by atoms with Crippen LogP contribution in [0.3, 0.4) is 0 Å². The number of hydrogen-bond acceptors (Lipinski definition) is 10. The van der Waals surface area contributed by atoms with Crippen LogP contribution in [-0.2, 0) is 26.4 Å². The largest absolute Gasteiger partial charge is 3.00 e. The van der Waals surface area contributed by atoms with Crippen molar-refractivity contribution in [3.63, 3.8) is 0 Å². The minimum absolute atomic E-state index is 0. The van der Waals surface area contributed by atoms with Crippen molar-refractivity contribution < 1.29 is 46.8 Å². The Labute approximate surface area is 522 Å². The Balaban J connectivity index is 0.000000127. The monoisotopic (exact) mass is 1210 g/mol. The third kappa shape index (κ3) is 12.7. The van der Waals surface area contributed by atoms with E-state index in [-0.39, 0.29) is 16.8 Å². The fourth-order valence-electron chi connectivity index (χ4n) is 11.0. The van der Waals surface area contributed by atoms with Gasteiger partial charge >= 0.3 is 28.7 Å². The molecule has 0 aliphatic carbocycles. The number of aliphatic hydroxyl groups excluding tert-OH is 2. The molecule has 0 fully saturated rings. The summed E-state index contributed by atoms with van der Waals surface area (Å²) in [4.78, 5) is 47.6. The summed E-state index contributed by atoms with van der Waals surface area (Å²) < 4.78 is 0. The normalized spacial score (nSPS) is 11.5. The number of pyridine rings is 6. The Morgan fingerprint density at radius 3 is 0.517 bits per heavy atom. The molecule has 2 atom stereocenters. The number of aliphatic hydroxyl groups is 2. The number of benzene rings is 9. The third-order valence-corrected chi connectivity index (χ3v) is 15.2. The molecule has 0 saturated heterocycles. The van der Waals surface area contributed by atoms with Gasteiger partial charge in [0.05, 0.1) is 33.1 Å². The van der Waals surface area contributed by atoms with Crippen molar-refractivity contribution >= 4 is 77.4 Å². The van der Waals surface area contributed by atoms with Crippen molar-refractivity contribution in [1.29, 1.82) is 0 Å². The van der Waals surface area contributed by atoms with Gasteiger partial charge in [-0.15, -0.1) is 0 Å². The number of nitrogens with zero attached hydrogens (tertiary/aromatic N) is 6. The average Bonchev–Trinajstić information content (AvgIpc) is 1.70. The van der Waals surface area contributed by atoms with Crippen LogP contribution in [0.5, 0.6) is 0 Å². The van der Waals surface area contributed by atoms with Crippen molar-refractivity contribution in [3.8, 4) is 66.8 Å². The molecule has 6 aromatic heterocycles. The molecule has 430 valence electrons. The molecule has 0 bridgehead atoms. The Kier molecular flexibility index (Phi) is 18.4. The number of aromatic nitrogens is 6. The topological polar surface area (TPSA) is 192 Å². The number of carbonyl (C=O) groups is 2. The molecule has 0 aliphatic heterocycles. The first-order valence-corrected chi connectivity index (χ1v) is 28.4. The summed E-state index contributed by atoms with van der Waals surface area (Å²) in [6.45, 7) is 0. The zero-order valence-corrected chi connectivity index (χ0v) is 48.5. The van der Waals surface area contributed by atoms with Gasteiger partial charge in [-0.1, -0.05) is 218 Å². The van der Waals surface area contributed by atoms with Crippen LogP contribution in [0, 0.1) is 0 Å². The average molecular weight is 1210 g/mol. The summed E-state index contributed by atoms with van der Waals surface area (Å²) >= 11 is 0. The quantitative estimate of drug-likeness (QED) is 0.100. The molecule has 0 aliphatic rings. The number of rotatable bonds is 9.